The summed E-state index contributed by atoms with van der Waals surface area (Å²) in [5.41, 5.74) is 0.810. The Hall–Kier alpha value is -4.32. The Bertz CT molecular complexity index is 1340. The number of benzene rings is 2. The zero-order valence-electron chi connectivity index (χ0n) is 19.1. The normalized spacial score (nSPS) is 12.2. The van der Waals surface area contributed by atoms with Gasteiger partial charge in [0.1, 0.15) is 12.0 Å². The highest BCUT2D eigenvalue weighted by atomic mass is 19.4. The third-order valence-corrected chi connectivity index (χ3v) is 5.46. The van der Waals surface area contributed by atoms with Gasteiger partial charge in [0.2, 0.25) is 0 Å². The van der Waals surface area contributed by atoms with Gasteiger partial charge in [-0.1, -0.05) is 18.2 Å². The maximum atomic E-state index is 13.0. The van der Waals surface area contributed by atoms with Crippen molar-refractivity contribution in [2.75, 3.05) is 11.9 Å². The number of alkyl halides is 3. The highest BCUT2D eigenvalue weighted by Gasteiger charge is 2.31. The van der Waals surface area contributed by atoms with Crippen molar-refractivity contribution >= 4 is 11.6 Å². The molecule has 0 aliphatic carbocycles. The summed E-state index contributed by atoms with van der Waals surface area (Å²) >= 11 is 0. The molecule has 0 spiro atoms. The average molecular weight is 497 g/mol. The molecule has 0 saturated heterocycles. The molecule has 36 heavy (non-hydrogen) atoms. The number of nitrogens with one attached hydrogen (secondary N) is 2. The number of carbonyl (C=O) groups is 1. The zero-order valence-corrected chi connectivity index (χ0v) is 19.1. The van der Waals surface area contributed by atoms with Crippen molar-refractivity contribution in [2.45, 2.75) is 18.8 Å². The molecule has 0 aliphatic rings. The van der Waals surface area contributed by atoms with Crippen molar-refractivity contribution in [1.29, 1.82) is 0 Å². The van der Waals surface area contributed by atoms with Crippen LogP contribution < -0.4 is 10.6 Å². The van der Waals surface area contributed by atoms with Crippen molar-refractivity contribution < 1.29 is 23.1 Å². The van der Waals surface area contributed by atoms with Gasteiger partial charge in [-0.15, -0.1) is 10.2 Å². The van der Waals surface area contributed by atoms with Gasteiger partial charge >= 0.3 is 6.18 Å². The molecule has 186 valence electrons. The average Bonchev–Trinajstić information content (AvgIpc) is 3.26. The maximum absolute atomic E-state index is 13.0. The standard InChI is InChI=1S/C24H22F3N7O2/c1-34-21(32-33-22(34)19-8-9-28-14-30-19)12-29-18-7-3-5-16(11-18)23(36)31-20(13-35)15-4-2-6-17(10-15)24(25,26)27/h2-11,14,20,29,35H,12-13H2,1H3,(H,31,36). The monoisotopic (exact) mass is 497 g/mol. The van der Waals surface area contributed by atoms with Crippen LogP contribution >= 0.6 is 0 Å². The first-order chi connectivity index (χ1) is 17.3. The molecule has 0 radical (unpaired) electrons. The molecule has 12 heteroatoms. The topological polar surface area (TPSA) is 118 Å². The van der Waals surface area contributed by atoms with Gasteiger partial charge in [-0.05, 0) is 42.0 Å². The van der Waals surface area contributed by atoms with Crippen LogP contribution in [0.4, 0.5) is 18.9 Å². The molecule has 1 amide bonds. The molecule has 4 rings (SSSR count). The molecule has 1 atom stereocenters. The molecular formula is C24H22F3N7O2. The molecule has 4 aromatic rings. The number of hydrogen-bond acceptors (Lipinski definition) is 7. The van der Waals surface area contributed by atoms with E-state index in [9.17, 15) is 23.1 Å². The summed E-state index contributed by atoms with van der Waals surface area (Å²) in [4.78, 5) is 20.9. The third kappa shape index (κ3) is 5.66. The first kappa shape index (κ1) is 24.8. The van der Waals surface area contributed by atoms with Gasteiger partial charge in [0.25, 0.3) is 5.91 Å². The van der Waals surface area contributed by atoms with Gasteiger partial charge in [-0.25, -0.2) is 9.97 Å². The van der Waals surface area contributed by atoms with Gasteiger partial charge in [0, 0.05) is 24.5 Å². The maximum Gasteiger partial charge on any atom is 0.416 e. The minimum atomic E-state index is -4.53. The summed E-state index contributed by atoms with van der Waals surface area (Å²) in [7, 11) is 1.81. The molecule has 0 fully saturated rings. The van der Waals surface area contributed by atoms with Crippen LogP contribution in [0, 0.1) is 0 Å². The molecule has 2 heterocycles. The lowest BCUT2D eigenvalue weighted by molar-refractivity contribution is -0.137. The Morgan fingerprint density at radius 3 is 2.64 bits per heavy atom. The number of rotatable bonds is 8. The number of aromatic nitrogens is 5. The lowest BCUT2D eigenvalue weighted by Crippen LogP contribution is -2.31. The Balaban J connectivity index is 1.44. The molecular weight excluding hydrogens is 475 g/mol. The van der Waals surface area contributed by atoms with E-state index in [1.165, 1.54) is 18.5 Å². The van der Waals surface area contributed by atoms with E-state index in [2.05, 4.69) is 30.8 Å². The summed E-state index contributed by atoms with van der Waals surface area (Å²) in [5.74, 6) is 0.662. The second kappa shape index (κ2) is 10.5. The van der Waals surface area contributed by atoms with E-state index in [1.807, 2.05) is 0 Å². The van der Waals surface area contributed by atoms with Crippen LogP contribution in [0.1, 0.15) is 33.4 Å². The zero-order chi connectivity index (χ0) is 25.7. The fraction of sp³-hybridized carbons (Fsp3) is 0.208. The van der Waals surface area contributed by atoms with E-state index in [0.717, 1.165) is 12.1 Å². The van der Waals surface area contributed by atoms with E-state index >= 15 is 0 Å². The summed E-state index contributed by atoms with van der Waals surface area (Å²) in [6.45, 7) is -0.255. The molecule has 3 N–H and O–H groups in total. The fourth-order valence-electron chi connectivity index (χ4n) is 3.52. The molecule has 2 aromatic heterocycles. The minimum absolute atomic E-state index is 0.150. The highest BCUT2D eigenvalue weighted by Crippen LogP contribution is 2.30. The first-order valence-corrected chi connectivity index (χ1v) is 10.8. The lowest BCUT2D eigenvalue weighted by Gasteiger charge is -2.18. The molecule has 0 bridgehead atoms. The number of aliphatic hydroxyl groups is 1. The molecule has 0 aliphatic heterocycles. The van der Waals surface area contributed by atoms with Gasteiger partial charge in [-0.2, -0.15) is 13.2 Å². The SMILES string of the molecule is Cn1c(CNc2cccc(C(=O)NC(CO)c3cccc(C(F)(F)F)c3)c2)nnc1-c1ccncn1. The number of amides is 1. The predicted octanol–water partition coefficient (Wildman–Crippen LogP) is 3.37. The van der Waals surface area contributed by atoms with Gasteiger partial charge in [-0.3, -0.25) is 4.79 Å². The number of aliphatic hydroxyl groups excluding tert-OH is 1. The van der Waals surface area contributed by atoms with E-state index in [1.54, 1.807) is 48.1 Å². The molecule has 1 unspecified atom stereocenters. The van der Waals surface area contributed by atoms with Crippen LogP contribution in [-0.4, -0.2) is 42.4 Å². The van der Waals surface area contributed by atoms with E-state index < -0.39 is 30.3 Å². The second-order valence-corrected chi connectivity index (χ2v) is 7.86. The first-order valence-electron chi connectivity index (χ1n) is 10.8. The number of carbonyl (C=O) groups excluding carboxylic acids is 1. The molecule has 2 aromatic carbocycles. The molecule has 0 saturated carbocycles. The fourth-order valence-corrected chi connectivity index (χ4v) is 3.52. The second-order valence-electron chi connectivity index (χ2n) is 7.86. The predicted molar refractivity (Wildman–Crippen MR) is 125 cm³/mol. The van der Waals surface area contributed by atoms with Crippen molar-refractivity contribution in [2.24, 2.45) is 7.05 Å². The quantitative estimate of drug-likeness (QED) is 0.342. The van der Waals surface area contributed by atoms with Crippen molar-refractivity contribution in [3.8, 4) is 11.5 Å². The Morgan fingerprint density at radius 2 is 1.92 bits per heavy atom. The number of nitrogens with zero attached hydrogens (tertiary/aromatic N) is 5. The minimum Gasteiger partial charge on any atom is -0.394 e. The summed E-state index contributed by atoms with van der Waals surface area (Å²) < 4.78 is 40.9. The highest BCUT2D eigenvalue weighted by molar-refractivity contribution is 5.95. The van der Waals surface area contributed by atoms with Crippen molar-refractivity contribution in [1.82, 2.24) is 30.0 Å². The Kier molecular flexibility index (Phi) is 7.25. The summed E-state index contributed by atoms with van der Waals surface area (Å²) in [6, 6.07) is 11.8. The van der Waals surface area contributed by atoms with Gasteiger partial charge in [0.05, 0.1) is 24.8 Å². The van der Waals surface area contributed by atoms with Crippen LogP contribution in [0.5, 0.6) is 0 Å². The van der Waals surface area contributed by atoms with Gasteiger partial charge in [0.15, 0.2) is 11.6 Å². The number of hydrogen-bond donors (Lipinski definition) is 3. The Labute approximate surface area is 204 Å². The smallest absolute Gasteiger partial charge is 0.394 e. The van der Waals surface area contributed by atoms with E-state index in [4.69, 9.17) is 0 Å². The van der Waals surface area contributed by atoms with E-state index in [-0.39, 0.29) is 11.1 Å². The van der Waals surface area contributed by atoms with Crippen molar-refractivity contribution in [3.63, 3.8) is 0 Å². The molecule has 9 nitrogen and oxygen atoms in total. The van der Waals surface area contributed by atoms with Crippen LogP contribution in [-0.2, 0) is 19.8 Å². The number of anilines is 1. The number of halogens is 3. The van der Waals surface area contributed by atoms with Gasteiger partial charge < -0.3 is 20.3 Å². The van der Waals surface area contributed by atoms with Crippen molar-refractivity contribution in [3.05, 3.63) is 89.6 Å². The summed E-state index contributed by atoms with van der Waals surface area (Å²) in [5, 5.41) is 23.8. The van der Waals surface area contributed by atoms with Crippen LogP contribution in [0.3, 0.4) is 0 Å². The van der Waals surface area contributed by atoms with Crippen LogP contribution in [0.25, 0.3) is 11.5 Å². The largest absolute Gasteiger partial charge is 0.416 e. The van der Waals surface area contributed by atoms with Crippen LogP contribution in [0.2, 0.25) is 0 Å². The summed E-state index contributed by atoms with van der Waals surface area (Å²) in [6.07, 6.45) is -1.49. The lowest BCUT2D eigenvalue weighted by atomic mass is 10.0. The van der Waals surface area contributed by atoms with Crippen LogP contribution in [0.15, 0.2) is 67.1 Å². The third-order valence-electron chi connectivity index (χ3n) is 5.46. The Morgan fingerprint density at radius 1 is 1.11 bits per heavy atom. The van der Waals surface area contributed by atoms with E-state index in [0.29, 0.717) is 29.6 Å².